The van der Waals surface area contributed by atoms with Crippen LogP contribution in [0.4, 0.5) is 0 Å². The van der Waals surface area contributed by atoms with Crippen LogP contribution in [-0.2, 0) is 4.74 Å². The van der Waals surface area contributed by atoms with Gasteiger partial charge in [-0.05, 0) is 25.0 Å². The van der Waals surface area contributed by atoms with Crippen molar-refractivity contribution < 1.29 is 14.6 Å². The molecule has 0 spiro atoms. The third kappa shape index (κ3) is 3.13. The zero-order valence-corrected chi connectivity index (χ0v) is 12.0. The molecule has 1 fully saturated rings. The number of carbonyl (C=O) groups is 1. The highest BCUT2D eigenvalue weighted by molar-refractivity contribution is 5.92. The zero-order chi connectivity index (χ0) is 14.6. The van der Waals surface area contributed by atoms with Crippen molar-refractivity contribution in [1.82, 2.24) is 15.1 Å². The summed E-state index contributed by atoms with van der Waals surface area (Å²) in [5, 5.41) is 18.2. The van der Waals surface area contributed by atoms with Crippen molar-refractivity contribution in [3.8, 4) is 0 Å². The molecule has 2 heterocycles. The molecule has 1 N–H and O–H groups in total. The van der Waals surface area contributed by atoms with Gasteiger partial charge in [-0.15, -0.1) is 5.10 Å². The van der Waals surface area contributed by atoms with Gasteiger partial charge in [0, 0.05) is 38.9 Å². The standard InChI is InChI=1S/C14H21N3O3/c1-11-10-17(8-5-14(11,19)6-9-20-2)13(18)12-4-3-7-15-16-12/h3-4,7,11,19H,5-6,8-10H2,1-2H3/t11-,14-/m1/s1. The Morgan fingerprint density at radius 1 is 1.65 bits per heavy atom. The average Bonchev–Trinajstić information content (AvgIpc) is 2.48. The van der Waals surface area contributed by atoms with Crippen LogP contribution in [0, 0.1) is 5.92 Å². The zero-order valence-electron chi connectivity index (χ0n) is 12.0. The van der Waals surface area contributed by atoms with Gasteiger partial charge in [0.1, 0.15) is 0 Å². The van der Waals surface area contributed by atoms with Crippen molar-refractivity contribution in [2.24, 2.45) is 5.92 Å². The molecule has 0 aliphatic carbocycles. The van der Waals surface area contributed by atoms with E-state index in [2.05, 4.69) is 10.2 Å². The number of amides is 1. The number of rotatable bonds is 4. The molecule has 1 amide bonds. The van der Waals surface area contributed by atoms with Gasteiger partial charge in [0.15, 0.2) is 5.69 Å². The van der Waals surface area contributed by atoms with E-state index in [0.29, 0.717) is 38.2 Å². The summed E-state index contributed by atoms with van der Waals surface area (Å²) in [5.74, 6) is -0.120. The number of ether oxygens (including phenoxy) is 1. The van der Waals surface area contributed by atoms with Crippen LogP contribution in [0.1, 0.15) is 30.3 Å². The van der Waals surface area contributed by atoms with Gasteiger partial charge in [-0.3, -0.25) is 4.79 Å². The highest BCUT2D eigenvalue weighted by Crippen LogP contribution is 2.31. The first-order valence-corrected chi connectivity index (χ1v) is 6.85. The Labute approximate surface area is 118 Å². The molecule has 0 radical (unpaired) electrons. The Balaban J connectivity index is 2.00. The summed E-state index contributed by atoms with van der Waals surface area (Å²) < 4.78 is 5.04. The Kier molecular flexibility index (Phi) is 4.67. The highest BCUT2D eigenvalue weighted by atomic mass is 16.5. The number of nitrogens with zero attached hydrogens (tertiary/aromatic N) is 3. The normalized spacial score (nSPS) is 26.6. The highest BCUT2D eigenvalue weighted by Gasteiger charge is 2.40. The fourth-order valence-electron chi connectivity index (χ4n) is 2.58. The van der Waals surface area contributed by atoms with Crippen molar-refractivity contribution >= 4 is 5.91 Å². The number of methoxy groups -OCH3 is 1. The van der Waals surface area contributed by atoms with E-state index in [1.54, 1.807) is 30.3 Å². The van der Waals surface area contributed by atoms with Crippen LogP contribution >= 0.6 is 0 Å². The first-order valence-electron chi connectivity index (χ1n) is 6.85. The van der Waals surface area contributed by atoms with Gasteiger partial charge < -0.3 is 14.7 Å². The van der Waals surface area contributed by atoms with Gasteiger partial charge in [-0.2, -0.15) is 5.10 Å². The fraction of sp³-hybridized carbons (Fsp3) is 0.643. The Hall–Kier alpha value is -1.53. The molecule has 1 aliphatic heterocycles. The summed E-state index contributed by atoms with van der Waals surface area (Å²) in [4.78, 5) is 14.0. The Morgan fingerprint density at radius 2 is 2.45 bits per heavy atom. The van der Waals surface area contributed by atoms with Crippen LogP contribution in [0.15, 0.2) is 18.3 Å². The molecule has 110 valence electrons. The molecule has 1 aromatic rings. The van der Waals surface area contributed by atoms with Gasteiger partial charge in [-0.25, -0.2) is 0 Å². The molecule has 1 aliphatic rings. The second-order valence-electron chi connectivity index (χ2n) is 5.36. The number of hydrogen-bond acceptors (Lipinski definition) is 5. The molecular weight excluding hydrogens is 258 g/mol. The molecule has 6 nitrogen and oxygen atoms in total. The van der Waals surface area contributed by atoms with Crippen molar-refractivity contribution in [3.63, 3.8) is 0 Å². The van der Waals surface area contributed by atoms with Crippen molar-refractivity contribution in [2.75, 3.05) is 26.8 Å². The number of likely N-dealkylation sites (tertiary alicyclic amines) is 1. The Morgan fingerprint density at radius 3 is 3.05 bits per heavy atom. The van der Waals surface area contributed by atoms with Crippen LogP contribution in [-0.4, -0.2) is 58.5 Å². The molecule has 2 atom stereocenters. The largest absolute Gasteiger partial charge is 0.389 e. The maximum absolute atomic E-state index is 12.3. The van der Waals surface area contributed by atoms with Crippen LogP contribution in [0.2, 0.25) is 0 Å². The van der Waals surface area contributed by atoms with E-state index in [9.17, 15) is 9.90 Å². The van der Waals surface area contributed by atoms with Crippen molar-refractivity contribution in [2.45, 2.75) is 25.4 Å². The SMILES string of the molecule is COCC[C@]1(O)CCN(C(=O)c2cccnn2)C[C@H]1C. The molecule has 6 heteroatoms. The van der Waals surface area contributed by atoms with Gasteiger partial charge in [-0.1, -0.05) is 6.92 Å². The van der Waals surface area contributed by atoms with E-state index in [1.165, 1.54) is 0 Å². The number of hydrogen-bond donors (Lipinski definition) is 1. The molecule has 2 rings (SSSR count). The summed E-state index contributed by atoms with van der Waals surface area (Å²) in [5.41, 5.74) is -0.406. The minimum Gasteiger partial charge on any atom is -0.389 e. The van der Waals surface area contributed by atoms with E-state index < -0.39 is 5.60 Å². The van der Waals surface area contributed by atoms with Crippen molar-refractivity contribution in [1.29, 1.82) is 0 Å². The van der Waals surface area contributed by atoms with Crippen molar-refractivity contribution in [3.05, 3.63) is 24.0 Å². The molecule has 0 aromatic carbocycles. The third-order valence-electron chi connectivity index (χ3n) is 4.04. The summed E-state index contributed by atoms with van der Waals surface area (Å²) in [6, 6.07) is 3.36. The van der Waals surface area contributed by atoms with Crippen LogP contribution in [0.3, 0.4) is 0 Å². The number of carbonyl (C=O) groups excluding carboxylic acids is 1. The number of aromatic nitrogens is 2. The Bertz CT molecular complexity index is 454. The number of piperidine rings is 1. The topological polar surface area (TPSA) is 75.6 Å². The quantitative estimate of drug-likeness (QED) is 0.879. The van der Waals surface area contributed by atoms with E-state index in [-0.39, 0.29) is 11.8 Å². The van der Waals surface area contributed by atoms with Gasteiger partial charge in [0.2, 0.25) is 0 Å². The smallest absolute Gasteiger partial charge is 0.274 e. The predicted molar refractivity (Wildman–Crippen MR) is 73.2 cm³/mol. The maximum Gasteiger partial charge on any atom is 0.274 e. The summed E-state index contributed by atoms with van der Waals surface area (Å²) in [6.07, 6.45) is 2.69. The molecular formula is C14H21N3O3. The molecule has 1 aromatic heterocycles. The summed E-state index contributed by atoms with van der Waals surface area (Å²) >= 11 is 0. The van der Waals surface area contributed by atoms with Gasteiger partial charge in [0.05, 0.1) is 5.60 Å². The average molecular weight is 279 g/mol. The molecule has 0 unspecified atom stereocenters. The van der Waals surface area contributed by atoms with Crippen LogP contribution in [0.5, 0.6) is 0 Å². The molecule has 1 saturated heterocycles. The summed E-state index contributed by atoms with van der Waals surface area (Å²) in [7, 11) is 1.63. The van der Waals surface area contributed by atoms with Crippen LogP contribution < -0.4 is 0 Å². The van der Waals surface area contributed by atoms with E-state index in [0.717, 1.165) is 0 Å². The first kappa shape index (κ1) is 14.9. The van der Waals surface area contributed by atoms with Gasteiger partial charge in [0.25, 0.3) is 5.91 Å². The van der Waals surface area contributed by atoms with E-state index in [1.807, 2.05) is 6.92 Å². The monoisotopic (exact) mass is 279 g/mol. The second kappa shape index (κ2) is 6.28. The lowest BCUT2D eigenvalue weighted by atomic mass is 9.80. The summed E-state index contributed by atoms with van der Waals surface area (Å²) in [6.45, 7) is 3.54. The first-order chi connectivity index (χ1) is 9.57. The molecule has 20 heavy (non-hydrogen) atoms. The lowest BCUT2D eigenvalue weighted by Crippen LogP contribution is -2.53. The maximum atomic E-state index is 12.3. The van der Waals surface area contributed by atoms with Crippen LogP contribution in [0.25, 0.3) is 0 Å². The van der Waals surface area contributed by atoms with E-state index >= 15 is 0 Å². The second-order valence-corrected chi connectivity index (χ2v) is 5.36. The molecule has 0 saturated carbocycles. The lowest BCUT2D eigenvalue weighted by molar-refractivity contribution is -0.0751. The minimum atomic E-state index is -0.755. The fourth-order valence-corrected chi connectivity index (χ4v) is 2.58. The lowest BCUT2D eigenvalue weighted by Gasteiger charge is -2.43. The predicted octanol–water partition coefficient (Wildman–Crippen LogP) is 0.726. The van der Waals surface area contributed by atoms with E-state index in [4.69, 9.17) is 4.74 Å². The third-order valence-corrected chi connectivity index (χ3v) is 4.04. The number of aliphatic hydroxyl groups is 1. The minimum absolute atomic E-state index is 0.00650. The molecule has 0 bridgehead atoms. The van der Waals surface area contributed by atoms with Gasteiger partial charge >= 0.3 is 0 Å².